The molecular weight excluding hydrogens is 569 g/mol. The highest BCUT2D eigenvalue weighted by Crippen LogP contribution is 2.48. The van der Waals surface area contributed by atoms with Gasteiger partial charge in [-0.3, -0.25) is 0 Å². The van der Waals surface area contributed by atoms with Crippen LogP contribution in [0.15, 0.2) is 186 Å². The van der Waals surface area contributed by atoms with Crippen LogP contribution in [0, 0.1) is 5.41 Å². The summed E-state index contributed by atoms with van der Waals surface area (Å²) in [6.07, 6.45) is 35.0. The molecule has 0 saturated heterocycles. The van der Waals surface area contributed by atoms with E-state index in [0.29, 0.717) is 0 Å². The quantitative estimate of drug-likeness (QED) is 0.345. The van der Waals surface area contributed by atoms with Crippen LogP contribution in [0.3, 0.4) is 0 Å². The lowest BCUT2D eigenvalue weighted by Gasteiger charge is -2.38. The molecular formula is C45H48N2. The Hall–Kier alpha value is -4.82. The summed E-state index contributed by atoms with van der Waals surface area (Å²) < 4.78 is 0. The van der Waals surface area contributed by atoms with E-state index in [4.69, 9.17) is 6.58 Å². The van der Waals surface area contributed by atoms with E-state index in [1.807, 2.05) is 0 Å². The predicted octanol–water partition coefficient (Wildman–Crippen LogP) is 12.3. The van der Waals surface area contributed by atoms with Gasteiger partial charge < -0.3 is 10.2 Å². The van der Waals surface area contributed by atoms with Crippen molar-refractivity contribution in [2.24, 2.45) is 5.41 Å². The number of allylic oxidation sites excluding steroid dienone is 18. The summed E-state index contributed by atoms with van der Waals surface area (Å²) in [5.74, 6) is 0. The van der Waals surface area contributed by atoms with Gasteiger partial charge >= 0.3 is 0 Å². The first-order valence-corrected chi connectivity index (χ1v) is 17.2. The van der Waals surface area contributed by atoms with Gasteiger partial charge in [0.15, 0.2) is 0 Å². The smallest absolute Gasteiger partial charge is 0.126 e. The molecule has 2 nitrogen and oxygen atoms in total. The first kappa shape index (κ1) is 32.1. The van der Waals surface area contributed by atoms with Gasteiger partial charge in [-0.15, -0.1) is 0 Å². The lowest BCUT2D eigenvalue weighted by Crippen LogP contribution is -2.34. The van der Waals surface area contributed by atoms with Gasteiger partial charge in [0.25, 0.3) is 0 Å². The van der Waals surface area contributed by atoms with Gasteiger partial charge in [-0.2, -0.15) is 0 Å². The Bertz CT molecular complexity index is 1740. The Labute approximate surface area is 282 Å². The highest BCUT2D eigenvalue weighted by Gasteiger charge is 2.35. The summed E-state index contributed by atoms with van der Waals surface area (Å²) in [5, 5.41) is 3.83. The maximum Gasteiger partial charge on any atom is 0.126 e. The van der Waals surface area contributed by atoms with Crippen LogP contribution in [0.1, 0.15) is 58.3 Å². The monoisotopic (exact) mass is 616 g/mol. The fourth-order valence-corrected chi connectivity index (χ4v) is 7.42. The molecule has 47 heavy (non-hydrogen) atoms. The molecule has 0 aromatic heterocycles. The Balaban J connectivity index is 1.31. The number of hydrogen-bond acceptors (Lipinski definition) is 2. The summed E-state index contributed by atoms with van der Waals surface area (Å²) in [6.45, 7) is 15.6. The van der Waals surface area contributed by atoms with Crippen LogP contribution in [-0.4, -0.2) is 6.17 Å². The van der Waals surface area contributed by atoms with Crippen LogP contribution in [0.25, 0.3) is 0 Å². The van der Waals surface area contributed by atoms with Crippen molar-refractivity contribution in [2.45, 2.75) is 64.5 Å². The number of nitrogens with zero attached hydrogens (tertiary/aromatic N) is 1. The Morgan fingerprint density at radius 1 is 0.745 bits per heavy atom. The number of para-hydroxylation sites is 3. The second-order valence-corrected chi connectivity index (χ2v) is 13.1. The Morgan fingerprint density at radius 2 is 1.47 bits per heavy atom. The zero-order chi connectivity index (χ0) is 32.6. The van der Waals surface area contributed by atoms with Crippen LogP contribution < -0.4 is 10.2 Å². The Morgan fingerprint density at radius 3 is 2.19 bits per heavy atom. The van der Waals surface area contributed by atoms with Gasteiger partial charge in [0, 0.05) is 11.1 Å². The molecule has 1 N–H and O–H groups in total. The van der Waals surface area contributed by atoms with Crippen molar-refractivity contribution < 1.29 is 0 Å². The van der Waals surface area contributed by atoms with Gasteiger partial charge in [-0.25, -0.2) is 0 Å². The fourth-order valence-electron chi connectivity index (χ4n) is 7.42. The van der Waals surface area contributed by atoms with E-state index in [1.165, 1.54) is 44.9 Å². The van der Waals surface area contributed by atoms with Crippen LogP contribution in [0.5, 0.6) is 0 Å². The van der Waals surface area contributed by atoms with E-state index in [2.05, 4.69) is 158 Å². The third kappa shape index (κ3) is 7.13. The van der Waals surface area contributed by atoms with Gasteiger partial charge in [0.1, 0.15) is 6.17 Å². The van der Waals surface area contributed by atoms with Crippen molar-refractivity contribution in [3.8, 4) is 0 Å². The first-order chi connectivity index (χ1) is 23.0. The van der Waals surface area contributed by atoms with Gasteiger partial charge in [0.05, 0.1) is 11.4 Å². The molecule has 2 heteroatoms. The summed E-state index contributed by atoms with van der Waals surface area (Å²) >= 11 is 0. The van der Waals surface area contributed by atoms with Crippen molar-refractivity contribution in [1.29, 1.82) is 0 Å². The minimum absolute atomic E-state index is 0.0962. The van der Waals surface area contributed by atoms with E-state index in [1.54, 1.807) is 0 Å². The number of benzene rings is 2. The van der Waals surface area contributed by atoms with Gasteiger partial charge in [-0.05, 0) is 110 Å². The van der Waals surface area contributed by atoms with Crippen molar-refractivity contribution in [2.75, 3.05) is 10.2 Å². The zero-order valence-electron chi connectivity index (χ0n) is 27.9. The first-order valence-electron chi connectivity index (χ1n) is 17.2. The highest BCUT2D eigenvalue weighted by molar-refractivity contribution is 5.83. The molecule has 1 heterocycles. The molecule has 0 fully saturated rings. The summed E-state index contributed by atoms with van der Waals surface area (Å²) in [4.78, 5) is 2.45. The average molecular weight is 617 g/mol. The number of hydrogen-bond donors (Lipinski definition) is 1. The lowest BCUT2D eigenvalue weighted by molar-refractivity contribution is 0.363. The summed E-state index contributed by atoms with van der Waals surface area (Å²) in [6, 6.07) is 19.4. The molecule has 2 aromatic rings. The van der Waals surface area contributed by atoms with E-state index in [9.17, 15) is 0 Å². The minimum Gasteiger partial charge on any atom is -0.360 e. The van der Waals surface area contributed by atoms with Crippen LogP contribution in [-0.2, 0) is 0 Å². The number of nitrogens with one attached hydrogen (secondary N) is 1. The largest absolute Gasteiger partial charge is 0.360 e. The molecule has 0 bridgehead atoms. The Kier molecular flexibility index (Phi) is 10.1. The SMILES string of the molecule is C=C1/C=C\CCC2(CC/C=C\C1=C)C(=C)C/C(C1=CC=C(C3Nc4ccccc4N3c3ccccc3)CC1)=C\C/C=C/C=C\C=C2C. The maximum atomic E-state index is 4.87. The van der Waals surface area contributed by atoms with Crippen molar-refractivity contribution in [3.05, 3.63) is 186 Å². The molecule has 2 aromatic carbocycles. The van der Waals surface area contributed by atoms with Crippen molar-refractivity contribution in [3.63, 3.8) is 0 Å². The minimum atomic E-state index is -0.0972. The van der Waals surface area contributed by atoms with Crippen LogP contribution >= 0.6 is 0 Å². The molecule has 1 spiro atoms. The normalized spacial score (nSPS) is 25.7. The van der Waals surface area contributed by atoms with E-state index >= 15 is 0 Å². The van der Waals surface area contributed by atoms with E-state index in [-0.39, 0.29) is 11.6 Å². The van der Waals surface area contributed by atoms with Gasteiger partial charge in [-0.1, -0.05) is 134 Å². The van der Waals surface area contributed by atoms with Crippen molar-refractivity contribution in [1.82, 2.24) is 0 Å². The van der Waals surface area contributed by atoms with E-state index in [0.717, 1.165) is 62.5 Å². The maximum absolute atomic E-state index is 4.87. The van der Waals surface area contributed by atoms with Gasteiger partial charge in [0.2, 0.25) is 0 Å². The van der Waals surface area contributed by atoms with Crippen LogP contribution in [0.2, 0.25) is 0 Å². The average Bonchev–Trinajstić information content (AvgIpc) is 3.48. The summed E-state index contributed by atoms with van der Waals surface area (Å²) in [5.41, 5.74) is 12.5. The number of anilines is 3. The molecule has 6 rings (SSSR count). The molecule has 3 aliphatic carbocycles. The predicted molar refractivity (Wildman–Crippen MR) is 204 cm³/mol. The topological polar surface area (TPSA) is 15.3 Å². The van der Waals surface area contributed by atoms with Crippen LogP contribution in [0.4, 0.5) is 17.1 Å². The fraction of sp³-hybridized carbons (Fsp3) is 0.244. The second-order valence-electron chi connectivity index (χ2n) is 13.1. The molecule has 0 radical (unpaired) electrons. The lowest BCUT2D eigenvalue weighted by atomic mass is 9.66. The molecule has 4 aliphatic rings. The molecule has 1 atom stereocenters. The molecule has 1 aliphatic heterocycles. The third-order valence-electron chi connectivity index (χ3n) is 10.3. The van der Waals surface area contributed by atoms with Crippen molar-refractivity contribution >= 4 is 17.1 Å². The molecule has 0 saturated carbocycles. The highest BCUT2D eigenvalue weighted by atomic mass is 15.3. The molecule has 238 valence electrons. The molecule has 1 unspecified atom stereocenters. The summed E-state index contributed by atoms with van der Waals surface area (Å²) in [7, 11) is 0. The van der Waals surface area contributed by atoms with E-state index < -0.39 is 0 Å². The molecule has 0 amide bonds. The standard InChI is InChI=1S/C45H48N2/c1-34-19-15-17-31-45(32-18-16-20-35(34)2)36(3)21-9-6-5-7-10-22-40(33-37(45)4)38-27-29-39(30-28-38)44-46-42-25-13-14-26-43(42)47(44)41-23-11-8-12-24-41/h5-9,11-16,19-27,29,44,46H,1-2,4,10,17-18,28,30-33H2,3H3/b7-5+,9-6-,19-15-,20-16-,36-21?,40-22+. The number of rotatable bonds is 3. The third-order valence-corrected chi connectivity index (χ3v) is 10.3. The zero-order valence-corrected chi connectivity index (χ0v) is 27.9. The number of fused-ring (bicyclic) bond motifs is 1. The second kappa shape index (κ2) is 14.7.